The molecule has 4 rings (SSSR count). The van der Waals surface area contributed by atoms with Crippen molar-refractivity contribution >= 4 is 16.8 Å². The van der Waals surface area contributed by atoms with Crippen molar-refractivity contribution in [3.8, 4) is 0 Å². The lowest BCUT2D eigenvalue weighted by atomic mass is 9.82. The number of benzene rings is 1. The molecule has 2 aliphatic heterocycles. The maximum atomic E-state index is 12.7. The first-order valence-corrected chi connectivity index (χ1v) is 9.74. The van der Waals surface area contributed by atoms with Crippen molar-refractivity contribution in [3.63, 3.8) is 0 Å². The largest absolute Gasteiger partial charge is 0.390 e. The summed E-state index contributed by atoms with van der Waals surface area (Å²) in [5, 5.41) is 11.6. The second-order valence-corrected chi connectivity index (χ2v) is 7.70. The van der Waals surface area contributed by atoms with Crippen molar-refractivity contribution in [2.24, 2.45) is 0 Å². The van der Waals surface area contributed by atoms with E-state index in [-0.39, 0.29) is 12.0 Å². The SMILES string of the molecule is Cc1cc2ccccc2n1CCC(=O)N1CCC2(CC1)OCCC[C@H]2O. The minimum Gasteiger partial charge on any atom is -0.390 e. The van der Waals surface area contributed by atoms with Crippen LogP contribution in [0.25, 0.3) is 10.9 Å². The van der Waals surface area contributed by atoms with Crippen LogP contribution >= 0.6 is 0 Å². The van der Waals surface area contributed by atoms with E-state index >= 15 is 0 Å². The number of ether oxygens (including phenoxy) is 1. The summed E-state index contributed by atoms with van der Waals surface area (Å²) < 4.78 is 8.17. The molecule has 1 N–H and O–H groups in total. The van der Waals surface area contributed by atoms with Crippen LogP contribution in [0, 0.1) is 6.92 Å². The average Bonchev–Trinajstić information content (AvgIpc) is 2.98. The predicted octanol–water partition coefficient (Wildman–Crippen LogP) is 2.87. The fourth-order valence-electron chi connectivity index (χ4n) is 4.53. The molecule has 1 aromatic carbocycles. The number of nitrogens with zero attached hydrogens (tertiary/aromatic N) is 2. The molecule has 2 saturated heterocycles. The summed E-state index contributed by atoms with van der Waals surface area (Å²) in [5.41, 5.74) is 1.96. The van der Waals surface area contributed by atoms with Gasteiger partial charge in [-0.25, -0.2) is 0 Å². The summed E-state index contributed by atoms with van der Waals surface area (Å²) >= 11 is 0. The number of aliphatic hydroxyl groups excluding tert-OH is 1. The molecule has 1 spiro atoms. The number of hydrogen-bond donors (Lipinski definition) is 1. The molecule has 5 heteroatoms. The molecule has 0 aliphatic carbocycles. The smallest absolute Gasteiger partial charge is 0.224 e. The standard InChI is InChI=1S/C21H28N2O3/c1-16-15-17-5-2-3-6-18(17)23(16)11-8-20(25)22-12-9-21(10-13-22)19(24)7-4-14-26-21/h2-3,5-6,15,19,24H,4,7-14H2,1H3/t19-/m1/s1. The minimum absolute atomic E-state index is 0.197. The fraction of sp³-hybridized carbons (Fsp3) is 0.571. The van der Waals surface area contributed by atoms with Crippen LogP contribution < -0.4 is 0 Å². The van der Waals surface area contributed by atoms with Crippen molar-refractivity contribution < 1.29 is 14.6 Å². The topological polar surface area (TPSA) is 54.7 Å². The van der Waals surface area contributed by atoms with Gasteiger partial charge in [-0.3, -0.25) is 4.79 Å². The molecule has 140 valence electrons. The molecule has 2 aliphatic rings. The Hall–Kier alpha value is -1.85. The Kier molecular flexibility index (Phi) is 4.76. The normalized spacial score (nSPS) is 22.8. The van der Waals surface area contributed by atoms with E-state index in [1.165, 1.54) is 16.6 Å². The molecule has 2 aromatic rings. The summed E-state index contributed by atoms with van der Waals surface area (Å²) in [7, 11) is 0. The van der Waals surface area contributed by atoms with Gasteiger partial charge in [0.15, 0.2) is 0 Å². The summed E-state index contributed by atoms with van der Waals surface area (Å²) in [6.45, 7) is 4.89. The minimum atomic E-state index is -0.414. The Bertz CT molecular complexity index is 790. The van der Waals surface area contributed by atoms with Gasteiger partial charge >= 0.3 is 0 Å². The van der Waals surface area contributed by atoms with Gasteiger partial charge in [-0.05, 0) is 50.1 Å². The van der Waals surface area contributed by atoms with Gasteiger partial charge in [0, 0.05) is 43.9 Å². The molecular formula is C21H28N2O3. The summed E-state index contributed by atoms with van der Waals surface area (Å²) in [5.74, 6) is 0.197. The highest BCUT2D eigenvalue weighted by atomic mass is 16.5. The van der Waals surface area contributed by atoms with Crippen molar-refractivity contribution in [1.29, 1.82) is 0 Å². The third-order valence-corrected chi connectivity index (χ3v) is 6.15. The number of aryl methyl sites for hydroxylation is 2. The lowest BCUT2D eigenvalue weighted by Gasteiger charge is -2.46. The van der Waals surface area contributed by atoms with Crippen LogP contribution in [0.15, 0.2) is 30.3 Å². The van der Waals surface area contributed by atoms with Crippen LogP contribution in [0.2, 0.25) is 0 Å². The Morgan fingerprint density at radius 1 is 1.31 bits per heavy atom. The van der Waals surface area contributed by atoms with Crippen molar-refractivity contribution in [1.82, 2.24) is 9.47 Å². The zero-order valence-electron chi connectivity index (χ0n) is 15.5. The number of rotatable bonds is 3. The molecule has 5 nitrogen and oxygen atoms in total. The number of piperidine rings is 1. The number of amides is 1. The summed E-state index contributed by atoms with van der Waals surface area (Å²) in [4.78, 5) is 14.6. The molecule has 26 heavy (non-hydrogen) atoms. The second kappa shape index (κ2) is 7.05. The third-order valence-electron chi connectivity index (χ3n) is 6.15. The summed E-state index contributed by atoms with van der Waals surface area (Å²) in [6.07, 6.45) is 3.35. The highest BCUT2D eigenvalue weighted by molar-refractivity contribution is 5.81. The van der Waals surface area contributed by atoms with Gasteiger partial charge in [-0.15, -0.1) is 0 Å². The van der Waals surface area contributed by atoms with Gasteiger partial charge in [-0.2, -0.15) is 0 Å². The molecule has 1 aromatic heterocycles. The van der Waals surface area contributed by atoms with Crippen LogP contribution in [0.5, 0.6) is 0 Å². The van der Waals surface area contributed by atoms with Crippen LogP contribution in [0.4, 0.5) is 0 Å². The molecule has 1 amide bonds. The molecule has 0 bridgehead atoms. The van der Waals surface area contributed by atoms with Gasteiger partial charge in [0.2, 0.25) is 5.91 Å². The van der Waals surface area contributed by atoms with E-state index in [9.17, 15) is 9.90 Å². The second-order valence-electron chi connectivity index (χ2n) is 7.70. The molecule has 1 atom stereocenters. The van der Waals surface area contributed by atoms with Crippen LogP contribution in [0.1, 0.15) is 37.8 Å². The van der Waals surface area contributed by atoms with Crippen LogP contribution in [0.3, 0.4) is 0 Å². The fourth-order valence-corrected chi connectivity index (χ4v) is 4.53. The van der Waals surface area contributed by atoms with E-state index < -0.39 is 5.60 Å². The van der Waals surface area contributed by atoms with E-state index in [1.807, 2.05) is 17.0 Å². The Labute approximate surface area is 154 Å². The van der Waals surface area contributed by atoms with Crippen molar-refractivity contribution in [2.75, 3.05) is 19.7 Å². The van der Waals surface area contributed by atoms with E-state index in [4.69, 9.17) is 4.74 Å². The maximum Gasteiger partial charge on any atom is 0.224 e. The van der Waals surface area contributed by atoms with E-state index in [0.29, 0.717) is 26.1 Å². The predicted molar refractivity (Wildman–Crippen MR) is 101 cm³/mol. The number of carbonyl (C=O) groups excluding carboxylic acids is 1. The molecule has 0 radical (unpaired) electrons. The van der Waals surface area contributed by atoms with Crippen molar-refractivity contribution in [3.05, 3.63) is 36.0 Å². The molecule has 3 heterocycles. The number of aliphatic hydroxyl groups is 1. The lowest BCUT2D eigenvalue weighted by molar-refractivity contribution is -0.179. The number of aromatic nitrogens is 1. The van der Waals surface area contributed by atoms with Crippen LogP contribution in [-0.2, 0) is 16.1 Å². The third kappa shape index (κ3) is 3.14. The highest BCUT2D eigenvalue weighted by Gasteiger charge is 2.44. The maximum absolute atomic E-state index is 12.7. The number of likely N-dealkylation sites (tertiary alicyclic amines) is 1. The summed E-state index contributed by atoms with van der Waals surface area (Å²) in [6, 6.07) is 10.5. The molecule has 2 fully saturated rings. The first kappa shape index (κ1) is 17.6. The number of carbonyl (C=O) groups is 1. The van der Waals surface area contributed by atoms with Crippen molar-refractivity contribution in [2.45, 2.75) is 57.3 Å². The Morgan fingerprint density at radius 3 is 2.85 bits per heavy atom. The highest BCUT2D eigenvalue weighted by Crippen LogP contribution is 2.35. The Balaban J connectivity index is 1.36. The average molecular weight is 356 g/mol. The van der Waals surface area contributed by atoms with Crippen LogP contribution in [-0.4, -0.2) is 51.9 Å². The van der Waals surface area contributed by atoms with E-state index in [0.717, 1.165) is 32.3 Å². The zero-order valence-corrected chi connectivity index (χ0v) is 15.5. The lowest BCUT2D eigenvalue weighted by Crippen LogP contribution is -2.56. The number of hydrogen-bond acceptors (Lipinski definition) is 3. The van der Waals surface area contributed by atoms with Gasteiger partial charge in [-0.1, -0.05) is 18.2 Å². The monoisotopic (exact) mass is 356 g/mol. The van der Waals surface area contributed by atoms with E-state index in [2.05, 4.69) is 29.7 Å². The zero-order chi connectivity index (χ0) is 18.1. The molecule has 0 unspecified atom stereocenters. The first-order valence-electron chi connectivity index (χ1n) is 9.74. The quantitative estimate of drug-likeness (QED) is 0.920. The van der Waals surface area contributed by atoms with E-state index in [1.54, 1.807) is 0 Å². The molecular weight excluding hydrogens is 328 g/mol. The number of para-hydroxylation sites is 1. The van der Waals surface area contributed by atoms with Gasteiger partial charge in [0.1, 0.15) is 0 Å². The van der Waals surface area contributed by atoms with Gasteiger partial charge < -0.3 is 19.3 Å². The van der Waals surface area contributed by atoms with Gasteiger partial charge in [0.25, 0.3) is 0 Å². The Morgan fingerprint density at radius 2 is 2.08 bits per heavy atom. The molecule has 0 saturated carbocycles. The number of fused-ring (bicyclic) bond motifs is 1. The first-order chi connectivity index (χ1) is 12.6. The van der Waals surface area contributed by atoms with Gasteiger partial charge in [0.05, 0.1) is 11.7 Å².